The number of para-hydroxylation sites is 1. The molecular formula is C33H33F2N3O4S. The number of anilines is 1. The fraction of sp³-hybridized carbons (Fsp3) is 0.212. The van der Waals surface area contributed by atoms with E-state index in [-0.39, 0.29) is 29.6 Å². The van der Waals surface area contributed by atoms with E-state index in [4.69, 9.17) is 0 Å². The standard InChI is InChI=1S/C33H33F2N3O4S/c1-24(2)36-33(40)31(21-25-11-5-3-6-12-25)37(22-26-17-19-27(34)20-18-26)32(39)23-38(30-16-10-9-15-29(30)35)43(41,42)28-13-7-4-8-14-28/h3-20,24,31H,21-23H2,1-2H3,(H,36,40)/t31-/m1/s1. The molecule has 0 aliphatic rings. The third-order valence-corrected chi connectivity index (χ3v) is 8.47. The van der Waals surface area contributed by atoms with Crippen molar-refractivity contribution < 1.29 is 26.8 Å². The molecule has 1 atom stereocenters. The number of carbonyl (C=O) groups excluding carboxylic acids is 2. The zero-order valence-corrected chi connectivity index (χ0v) is 24.7. The summed E-state index contributed by atoms with van der Waals surface area (Å²) in [5.74, 6) is -2.50. The molecule has 0 radical (unpaired) electrons. The number of halogens is 2. The Morgan fingerprint density at radius 1 is 0.767 bits per heavy atom. The second kappa shape index (κ2) is 14.1. The van der Waals surface area contributed by atoms with Crippen molar-refractivity contribution in [3.63, 3.8) is 0 Å². The van der Waals surface area contributed by atoms with Gasteiger partial charge in [-0.2, -0.15) is 0 Å². The maximum Gasteiger partial charge on any atom is 0.264 e. The maximum absolute atomic E-state index is 15.1. The Labute approximate surface area is 250 Å². The second-order valence-corrected chi connectivity index (χ2v) is 12.2. The number of sulfonamides is 1. The van der Waals surface area contributed by atoms with Gasteiger partial charge in [-0.25, -0.2) is 17.2 Å². The first-order chi connectivity index (χ1) is 20.6. The fourth-order valence-corrected chi connectivity index (χ4v) is 6.05. The Kier molecular flexibility index (Phi) is 10.3. The van der Waals surface area contributed by atoms with Crippen LogP contribution in [0.3, 0.4) is 0 Å². The van der Waals surface area contributed by atoms with Crippen LogP contribution in [0, 0.1) is 11.6 Å². The maximum atomic E-state index is 15.1. The molecule has 4 aromatic carbocycles. The average Bonchev–Trinajstić information content (AvgIpc) is 2.99. The van der Waals surface area contributed by atoms with Gasteiger partial charge in [0.1, 0.15) is 24.2 Å². The topological polar surface area (TPSA) is 86.8 Å². The van der Waals surface area contributed by atoms with Crippen LogP contribution < -0.4 is 9.62 Å². The molecule has 0 spiro atoms. The van der Waals surface area contributed by atoms with Crippen molar-refractivity contribution in [2.24, 2.45) is 0 Å². The van der Waals surface area contributed by atoms with Gasteiger partial charge in [-0.3, -0.25) is 13.9 Å². The monoisotopic (exact) mass is 605 g/mol. The van der Waals surface area contributed by atoms with Gasteiger partial charge in [0.2, 0.25) is 11.8 Å². The minimum Gasteiger partial charge on any atom is -0.352 e. The van der Waals surface area contributed by atoms with Crippen molar-refractivity contribution in [1.29, 1.82) is 0 Å². The SMILES string of the molecule is CC(C)NC(=O)[C@@H](Cc1ccccc1)N(Cc1ccc(F)cc1)C(=O)CN(c1ccccc1F)S(=O)(=O)c1ccccc1. The molecule has 224 valence electrons. The van der Waals surface area contributed by atoms with E-state index in [0.717, 1.165) is 15.9 Å². The summed E-state index contributed by atoms with van der Waals surface area (Å²) < 4.78 is 57.3. The smallest absolute Gasteiger partial charge is 0.264 e. The van der Waals surface area contributed by atoms with Crippen LogP contribution in [0.25, 0.3) is 0 Å². The Morgan fingerprint density at radius 2 is 1.35 bits per heavy atom. The van der Waals surface area contributed by atoms with E-state index in [1.807, 2.05) is 30.3 Å². The summed E-state index contributed by atoms with van der Waals surface area (Å²) in [4.78, 5) is 29.0. The second-order valence-electron chi connectivity index (χ2n) is 10.3. The van der Waals surface area contributed by atoms with Gasteiger partial charge in [-0.1, -0.05) is 72.8 Å². The first kappa shape index (κ1) is 31.4. The molecule has 0 aromatic heterocycles. The number of hydrogen-bond acceptors (Lipinski definition) is 4. The van der Waals surface area contributed by atoms with Gasteiger partial charge < -0.3 is 10.2 Å². The molecule has 0 heterocycles. The molecule has 0 fully saturated rings. The van der Waals surface area contributed by atoms with Crippen molar-refractivity contribution in [2.45, 2.75) is 43.8 Å². The van der Waals surface area contributed by atoms with Crippen LogP contribution in [0.1, 0.15) is 25.0 Å². The van der Waals surface area contributed by atoms with E-state index in [1.54, 1.807) is 19.9 Å². The van der Waals surface area contributed by atoms with Crippen LogP contribution in [0.4, 0.5) is 14.5 Å². The molecule has 1 N–H and O–H groups in total. The van der Waals surface area contributed by atoms with Gasteiger partial charge in [0, 0.05) is 19.0 Å². The molecule has 0 saturated heterocycles. The molecule has 0 aliphatic carbocycles. The summed E-state index contributed by atoms with van der Waals surface area (Å²) >= 11 is 0. The van der Waals surface area contributed by atoms with E-state index in [1.165, 1.54) is 71.6 Å². The number of nitrogens with one attached hydrogen (secondary N) is 1. The summed E-state index contributed by atoms with van der Waals surface area (Å²) in [5, 5.41) is 2.86. The van der Waals surface area contributed by atoms with Gasteiger partial charge in [-0.05, 0) is 61.4 Å². The minimum atomic E-state index is -4.41. The molecular weight excluding hydrogens is 572 g/mol. The van der Waals surface area contributed by atoms with Crippen molar-refractivity contribution in [3.05, 3.63) is 132 Å². The van der Waals surface area contributed by atoms with Crippen LogP contribution in [0.2, 0.25) is 0 Å². The van der Waals surface area contributed by atoms with Crippen LogP contribution in [0.5, 0.6) is 0 Å². The predicted molar refractivity (Wildman–Crippen MR) is 162 cm³/mol. The highest BCUT2D eigenvalue weighted by atomic mass is 32.2. The Hall–Kier alpha value is -4.57. The zero-order valence-electron chi connectivity index (χ0n) is 23.9. The average molecular weight is 606 g/mol. The summed E-state index contributed by atoms with van der Waals surface area (Å²) in [6, 6.07) is 25.9. The molecule has 0 aliphatic heterocycles. The van der Waals surface area contributed by atoms with Crippen molar-refractivity contribution in [3.8, 4) is 0 Å². The number of benzene rings is 4. The van der Waals surface area contributed by atoms with Crippen LogP contribution in [0.15, 0.2) is 114 Å². The van der Waals surface area contributed by atoms with Gasteiger partial charge in [0.25, 0.3) is 10.0 Å². The molecule has 4 aromatic rings. The van der Waals surface area contributed by atoms with E-state index < -0.39 is 46.1 Å². The summed E-state index contributed by atoms with van der Waals surface area (Å²) in [6.07, 6.45) is 0.122. The van der Waals surface area contributed by atoms with Crippen molar-refractivity contribution in [1.82, 2.24) is 10.2 Å². The van der Waals surface area contributed by atoms with Gasteiger partial charge >= 0.3 is 0 Å². The lowest BCUT2D eigenvalue weighted by Gasteiger charge is -2.34. The fourth-order valence-electron chi connectivity index (χ4n) is 4.61. The third-order valence-electron chi connectivity index (χ3n) is 6.70. The molecule has 0 bridgehead atoms. The number of hydrogen-bond donors (Lipinski definition) is 1. The molecule has 2 amide bonds. The van der Waals surface area contributed by atoms with Crippen LogP contribution in [-0.4, -0.2) is 43.8 Å². The molecule has 43 heavy (non-hydrogen) atoms. The molecule has 0 saturated carbocycles. The molecule has 10 heteroatoms. The normalized spacial score (nSPS) is 12.0. The Balaban J connectivity index is 1.80. The summed E-state index contributed by atoms with van der Waals surface area (Å²) in [7, 11) is -4.41. The zero-order chi connectivity index (χ0) is 31.0. The number of rotatable bonds is 12. The van der Waals surface area contributed by atoms with Gasteiger partial charge in [0.15, 0.2) is 0 Å². The number of amides is 2. The third kappa shape index (κ3) is 8.04. The highest BCUT2D eigenvalue weighted by molar-refractivity contribution is 7.92. The Bertz CT molecular complexity index is 1630. The summed E-state index contributed by atoms with van der Waals surface area (Å²) in [6.45, 7) is 2.66. The predicted octanol–water partition coefficient (Wildman–Crippen LogP) is 5.32. The molecule has 0 unspecified atom stereocenters. The lowest BCUT2D eigenvalue weighted by molar-refractivity contribution is -0.140. The molecule has 7 nitrogen and oxygen atoms in total. The van der Waals surface area contributed by atoms with E-state index >= 15 is 4.39 Å². The number of carbonyl (C=O) groups is 2. The van der Waals surface area contributed by atoms with E-state index in [2.05, 4.69) is 5.32 Å². The van der Waals surface area contributed by atoms with Gasteiger partial charge in [-0.15, -0.1) is 0 Å². The van der Waals surface area contributed by atoms with Crippen molar-refractivity contribution >= 4 is 27.5 Å². The Morgan fingerprint density at radius 3 is 1.95 bits per heavy atom. The highest BCUT2D eigenvalue weighted by Gasteiger charge is 2.35. The molecule has 4 rings (SSSR count). The largest absolute Gasteiger partial charge is 0.352 e. The first-order valence-corrected chi connectivity index (χ1v) is 15.2. The quantitative estimate of drug-likeness (QED) is 0.237. The minimum absolute atomic E-state index is 0.122. The van der Waals surface area contributed by atoms with E-state index in [9.17, 15) is 22.4 Å². The lowest BCUT2D eigenvalue weighted by Crippen LogP contribution is -2.54. The lowest BCUT2D eigenvalue weighted by atomic mass is 10.0. The first-order valence-electron chi connectivity index (χ1n) is 13.8. The highest BCUT2D eigenvalue weighted by Crippen LogP contribution is 2.27. The summed E-state index contributed by atoms with van der Waals surface area (Å²) in [5.41, 5.74) is 0.979. The van der Waals surface area contributed by atoms with Crippen LogP contribution in [-0.2, 0) is 32.6 Å². The number of nitrogens with zero attached hydrogens (tertiary/aromatic N) is 2. The van der Waals surface area contributed by atoms with Crippen molar-refractivity contribution in [2.75, 3.05) is 10.8 Å². The van der Waals surface area contributed by atoms with Crippen LogP contribution >= 0.6 is 0 Å². The van der Waals surface area contributed by atoms with E-state index in [0.29, 0.717) is 5.56 Å². The van der Waals surface area contributed by atoms with Gasteiger partial charge in [0.05, 0.1) is 10.6 Å².